The quantitative estimate of drug-likeness (QED) is 0.802. The second-order valence-corrected chi connectivity index (χ2v) is 6.13. The molecule has 0 amide bonds. The van der Waals surface area contributed by atoms with E-state index in [1.165, 1.54) is 19.3 Å². The van der Waals surface area contributed by atoms with E-state index in [2.05, 4.69) is 37.2 Å². The smallest absolute Gasteiger partial charge is 0.133 e. The van der Waals surface area contributed by atoms with Crippen molar-refractivity contribution in [2.45, 2.75) is 31.7 Å². The monoisotopic (exact) mass is 397 g/mol. The molecule has 0 bridgehead atoms. The maximum absolute atomic E-state index is 5.79. The van der Waals surface area contributed by atoms with Gasteiger partial charge in [-0.15, -0.1) is 12.4 Å². The van der Waals surface area contributed by atoms with Gasteiger partial charge in [-0.1, -0.05) is 22.4 Å². The summed E-state index contributed by atoms with van der Waals surface area (Å²) >= 11 is 6.93. The number of halogens is 3. The standard InChI is InChI=1S/C13H17Br2NO.ClH/c14-10-4-5-13(12(15)9-10)17-8-6-11-3-1-2-7-16-11;/h4-5,9,11,16H,1-3,6-8H2;1H. The number of rotatable bonds is 4. The van der Waals surface area contributed by atoms with Crippen molar-refractivity contribution in [2.24, 2.45) is 0 Å². The summed E-state index contributed by atoms with van der Waals surface area (Å²) in [5, 5.41) is 3.53. The van der Waals surface area contributed by atoms with Crippen molar-refractivity contribution in [1.29, 1.82) is 0 Å². The number of ether oxygens (including phenoxy) is 1. The summed E-state index contributed by atoms with van der Waals surface area (Å²) < 4.78 is 7.85. The molecule has 102 valence electrons. The van der Waals surface area contributed by atoms with Crippen LogP contribution in [0.3, 0.4) is 0 Å². The molecule has 1 fully saturated rings. The zero-order valence-electron chi connectivity index (χ0n) is 10.1. The minimum Gasteiger partial charge on any atom is -0.492 e. The van der Waals surface area contributed by atoms with Crippen molar-refractivity contribution >= 4 is 44.3 Å². The van der Waals surface area contributed by atoms with E-state index < -0.39 is 0 Å². The van der Waals surface area contributed by atoms with Gasteiger partial charge in [0.1, 0.15) is 5.75 Å². The van der Waals surface area contributed by atoms with Crippen LogP contribution in [0.4, 0.5) is 0 Å². The van der Waals surface area contributed by atoms with E-state index in [4.69, 9.17) is 4.74 Å². The first-order chi connectivity index (χ1) is 8.25. The predicted octanol–water partition coefficient (Wildman–Crippen LogP) is 4.54. The molecular weight excluding hydrogens is 381 g/mol. The van der Waals surface area contributed by atoms with Gasteiger partial charge < -0.3 is 10.1 Å². The maximum atomic E-state index is 5.79. The molecule has 0 spiro atoms. The molecule has 1 aliphatic rings. The Balaban J connectivity index is 0.00000162. The van der Waals surface area contributed by atoms with E-state index in [9.17, 15) is 0 Å². The predicted molar refractivity (Wildman–Crippen MR) is 84.8 cm³/mol. The topological polar surface area (TPSA) is 21.3 Å². The molecule has 18 heavy (non-hydrogen) atoms. The number of nitrogens with one attached hydrogen (secondary N) is 1. The van der Waals surface area contributed by atoms with Crippen LogP contribution in [0.1, 0.15) is 25.7 Å². The molecular formula is C13H18Br2ClNO. The summed E-state index contributed by atoms with van der Waals surface area (Å²) in [7, 11) is 0. The second kappa shape index (κ2) is 8.41. The molecule has 0 aliphatic carbocycles. The molecule has 2 rings (SSSR count). The van der Waals surface area contributed by atoms with Crippen LogP contribution < -0.4 is 10.1 Å². The summed E-state index contributed by atoms with van der Waals surface area (Å²) in [6, 6.07) is 6.63. The van der Waals surface area contributed by atoms with Crippen molar-refractivity contribution < 1.29 is 4.74 Å². The van der Waals surface area contributed by atoms with Crippen LogP contribution in [-0.4, -0.2) is 19.2 Å². The van der Waals surface area contributed by atoms with Crippen LogP contribution in [0.15, 0.2) is 27.1 Å². The summed E-state index contributed by atoms with van der Waals surface area (Å²) in [4.78, 5) is 0. The fourth-order valence-corrected chi connectivity index (χ4v) is 3.24. The SMILES string of the molecule is Brc1ccc(OCCC2CCCCN2)c(Br)c1.Cl. The zero-order valence-corrected chi connectivity index (χ0v) is 14.1. The Hall–Kier alpha value is 0.230. The van der Waals surface area contributed by atoms with Gasteiger partial charge in [-0.3, -0.25) is 0 Å². The Kier molecular flexibility index (Phi) is 7.61. The Labute approximate surface area is 132 Å². The van der Waals surface area contributed by atoms with Crippen molar-refractivity contribution in [3.05, 3.63) is 27.1 Å². The normalized spacial score (nSPS) is 19.1. The largest absolute Gasteiger partial charge is 0.492 e. The van der Waals surface area contributed by atoms with E-state index in [0.29, 0.717) is 6.04 Å². The van der Waals surface area contributed by atoms with Crippen LogP contribution in [0.5, 0.6) is 5.75 Å². The van der Waals surface area contributed by atoms with Gasteiger partial charge in [-0.2, -0.15) is 0 Å². The molecule has 1 aromatic rings. The fraction of sp³-hybridized carbons (Fsp3) is 0.538. The Morgan fingerprint density at radius 2 is 2.11 bits per heavy atom. The van der Waals surface area contributed by atoms with Gasteiger partial charge in [0.05, 0.1) is 11.1 Å². The first kappa shape index (κ1) is 16.3. The van der Waals surface area contributed by atoms with Crippen molar-refractivity contribution in [3.8, 4) is 5.75 Å². The molecule has 1 aliphatic heterocycles. The van der Waals surface area contributed by atoms with Gasteiger partial charge in [0, 0.05) is 10.5 Å². The minimum atomic E-state index is 0. The molecule has 1 aromatic carbocycles. The van der Waals surface area contributed by atoms with Crippen LogP contribution in [-0.2, 0) is 0 Å². The number of benzene rings is 1. The van der Waals surface area contributed by atoms with Gasteiger partial charge in [-0.25, -0.2) is 0 Å². The average molecular weight is 400 g/mol. The molecule has 2 nitrogen and oxygen atoms in total. The lowest BCUT2D eigenvalue weighted by molar-refractivity contribution is 0.267. The summed E-state index contributed by atoms with van der Waals surface area (Å²) in [6.45, 7) is 1.94. The number of hydrogen-bond donors (Lipinski definition) is 1. The van der Waals surface area contributed by atoms with Crippen molar-refractivity contribution in [2.75, 3.05) is 13.2 Å². The summed E-state index contributed by atoms with van der Waals surface area (Å²) in [5.74, 6) is 0.920. The first-order valence-corrected chi connectivity index (χ1v) is 7.65. The molecule has 1 saturated heterocycles. The number of piperidine rings is 1. The third-order valence-electron chi connectivity index (χ3n) is 3.03. The van der Waals surface area contributed by atoms with E-state index in [-0.39, 0.29) is 12.4 Å². The average Bonchev–Trinajstić information content (AvgIpc) is 2.33. The van der Waals surface area contributed by atoms with Crippen LogP contribution in [0, 0.1) is 0 Å². The van der Waals surface area contributed by atoms with Gasteiger partial charge >= 0.3 is 0 Å². The molecule has 1 unspecified atom stereocenters. The van der Waals surface area contributed by atoms with Gasteiger partial charge in [0.25, 0.3) is 0 Å². The van der Waals surface area contributed by atoms with Crippen LogP contribution in [0.2, 0.25) is 0 Å². The van der Waals surface area contributed by atoms with Gasteiger partial charge in [0.15, 0.2) is 0 Å². The van der Waals surface area contributed by atoms with E-state index in [1.54, 1.807) is 0 Å². The maximum Gasteiger partial charge on any atom is 0.133 e. The highest BCUT2D eigenvalue weighted by Crippen LogP contribution is 2.28. The van der Waals surface area contributed by atoms with Crippen LogP contribution >= 0.6 is 44.3 Å². The van der Waals surface area contributed by atoms with E-state index >= 15 is 0 Å². The highest BCUT2D eigenvalue weighted by molar-refractivity contribution is 9.11. The lowest BCUT2D eigenvalue weighted by Crippen LogP contribution is -2.35. The Morgan fingerprint density at radius 1 is 1.28 bits per heavy atom. The van der Waals surface area contributed by atoms with Crippen LogP contribution in [0.25, 0.3) is 0 Å². The molecule has 1 atom stereocenters. The lowest BCUT2D eigenvalue weighted by Gasteiger charge is -2.23. The molecule has 0 radical (unpaired) electrons. The van der Waals surface area contributed by atoms with E-state index in [1.807, 2.05) is 18.2 Å². The zero-order chi connectivity index (χ0) is 12.1. The third-order valence-corrected chi connectivity index (χ3v) is 4.14. The summed E-state index contributed by atoms with van der Waals surface area (Å²) in [6.07, 6.45) is 5.03. The van der Waals surface area contributed by atoms with Gasteiger partial charge in [0.2, 0.25) is 0 Å². The second-order valence-electron chi connectivity index (χ2n) is 4.36. The Morgan fingerprint density at radius 3 is 2.78 bits per heavy atom. The van der Waals surface area contributed by atoms with Crippen molar-refractivity contribution in [1.82, 2.24) is 5.32 Å². The third kappa shape index (κ3) is 5.08. The Bertz CT molecular complexity index is 370. The van der Waals surface area contributed by atoms with E-state index in [0.717, 1.165) is 34.3 Å². The molecule has 1 N–H and O–H groups in total. The minimum absolute atomic E-state index is 0. The summed E-state index contributed by atoms with van der Waals surface area (Å²) in [5.41, 5.74) is 0. The molecule has 5 heteroatoms. The fourth-order valence-electron chi connectivity index (χ4n) is 2.07. The highest BCUT2D eigenvalue weighted by Gasteiger charge is 2.12. The molecule has 0 aromatic heterocycles. The first-order valence-electron chi connectivity index (χ1n) is 6.07. The lowest BCUT2D eigenvalue weighted by atomic mass is 10.0. The molecule has 1 heterocycles. The highest BCUT2D eigenvalue weighted by atomic mass is 79.9. The van der Waals surface area contributed by atoms with Gasteiger partial charge in [-0.05, 0) is 59.9 Å². The van der Waals surface area contributed by atoms with Crippen molar-refractivity contribution in [3.63, 3.8) is 0 Å². The number of hydrogen-bond acceptors (Lipinski definition) is 2. The molecule has 0 saturated carbocycles.